The zero-order valence-corrected chi connectivity index (χ0v) is 21.2. The predicted molar refractivity (Wildman–Crippen MR) is 137 cm³/mol. The molecule has 36 heavy (non-hydrogen) atoms. The first-order valence-electron chi connectivity index (χ1n) is 11.6. The summed E-state index contributed by atoms with van der Waals surface area (Å²) in [5.74, 6) is 1.48. The molecule has 1 fully saturated rings. The number of nitrogens with zero attached hydrogens (tertiary/aromatic N) is 4. The van der Waals surface area contributed by atoms with Crippen LogP contribution in [-0.2, 0) is 9.59 Å². The topological polar surface area (TPSA) is 145 Å². The number of H-pyrrole nitrogens is 1. The molecule has 190 valence electrons. The number of ether oxygens (including phenoxy) is 1. The summed E-state index contributed by atoms with van der Waals surface area (Å²) in [6.45, 7) is 4.72. The lowest BCUT2D eigenvalue weighted by atomic mass is 9.93. The molecule has 0 radical (unpaired) electrons. The fraction of sp³-hybridized carbons (Fsp3) is 0.375. The second-order valence-electron chi connectivity index (χ2n) is 8.61. The standard InChI is InChI=1S/C24H29N7O4S/c1-14-12-19(30-29-14)26-22-21(35-3)23(31-10-8-16(9-11-31)13-20(33)34)28-24(27-22)36-18-6-4-17(5-7-18)25-15(2)32/h4-7,12,16H,8-11,13H2,1-3H3,(H,25,32)(H,33,34)(H2,26,27,28,29,30). The fourth-order valence-corrected chi connectivity index (χ4v) is 4.82. The number of nitrogens with one attached hydrogen (secondary N) is 3. The van der Waals surface area contributed by atoms with Gasteiger partial charge >= 0.3 is 5.97 Å². The highest BCUT2D eigenvalue weighted by atomic mass is 32.2. The van der Waals surface area contributed by atoms with Gasteiger partial charge in [0.1, 0.15) is 0 Å². The summed E-state index contributed by atoms with van der Waals surface area (Å²) in [5.41, 5.74) is 1.61. The third-order valence-corrected chi connectivity index (χ3v) is 6.62. The number of hydrogen-bond donors (Lipinski definition) is 4. The van der Waals surface area contributed by atoms with Gasteiger partial charge in [-0.25, -0.2) is 9.97 Å². The van der Waals surface area contributed by atoms with Crippen LogP contribution in [0.25, 0.3) is 0 Å². The molecule has 3 heterocycles. The number of hydrogen-bond acceptors (Lipinski definition) is 9. The summed E-state index contributed by atoms with van der Waals surface area (Å²) in [7, 11) is 1.58. The van der Waals surface area contributed by atoms with Crippen molar-refractivity contribution in [2.75, 3.05) is 35.7 Å². The number of aromatic amines is 1. The molecular weight excluding hydrogens is 482 g/mol. The Morgan fingerprint density at radius 2 is 1.94 bits per heavy atom. The van der Waals surface area contributed by atoms with E-state index in [1.807, 2.05) is 37.3 Å². The number of methoxy groups -OCH3 is 1. The minimum atomic E-state index is -0.767. The van der Waals surface area contributed by atoms with Gasteiger partial charge in [0.15, 0.2) is 22.6 Å². The minimum absolute atomic E-state index is 0.130. The van der Waals surface area contributed by atoms with Crippen LogP contribution in [0.15, 0.2) is 40.4 Å². The Kier molecular flexibility index (Phi) is 7.93. The SMILES string of the molecule is COc1c(Nc2cc(C)[nH]n2)nc(Sc2ccc(NC(C)=O)cc2)nc1N1CCC(CC(=O)O)CC1. The Labute approximate surface area is 213 Å². The molecule has 1 aliphatic rings. The molecule has 0 unspecified atom stereocenters. The van der Waals surface area contributed by atoms with Crippen molar-refractivity contribution >= 4 is 46.8 Å². The summed E-state index contributed by atoms with van der Waals surface area (Å²) in [6.07, 6.45) is 1.69. The molecule has 4 N–H and O–H groups in total. The molecule has 12 heteroatoms. The van der Waals surface area contributed by atoms with E-state index in [2.05, 4.69) is 25.7 Å². The molecule has 0 aliphatic carbocycles. The third kappa shape index (κ3) is 6.45. The number of benzene rings is 1. The number of anilines is 4. The first-order chi connectivity index (χ1) is 17.3. The molecule has 0 bridgehead atoms. The number of piperidine rings is 1. The second-order valence-corrected chi connectivity index (χ2v) is 9.65. The van der Waals surface area contributed by atoms with Crippen LogP contribution in [0.3, 0.4) is 0 Å². The third-order valence-electron chi connectivity index (χ3n) is 5.74. The zero-order chi connectivity index (χ0) is 25.7. The molecule has 1 aromatic carbocycles. The van der Waals surface area contributed by atoms with Crippen molar-refractivity contribution in [3.63, 3.8) is 0 Å². The Bertz CT molecular complexity index is 1220. The lowest BCUT2D eigenvalue weighted by molar-refractivity contribution is -0.138. The van der Waals surface area contributed by atoms with E-state index in [0.29, 0.717) is 47.1 Å². The number of carboxylic acid groups (broad SMARTS) is 1. The molecule has 2 aromatic heterocycles. The first-order valence-corrected chi connectivity index (χ1v) is 12.4. The molecule has 11 nitrogen and oxygen atoms in total. The van der Waals surface area contributed by atoms with E-state index < -0.39 is 5.97 Å². The van der Waals surface area contributed by atoms with Crippen molar-refractivity contribution in [2.24, 2.45) is 5.92 Å². The molecule has 0 atom stereocenters. The number of carbonyl (C=O) groups is 2. The quantitative estimate of drug-likeness (QED) is 0.310. The van der Waals surface area contributed by atoms with E-state index in [1.165, 1.54) is 18.7 Å². The van der Waals surface area contributed by atoms with Crippen LogP contribution >= 0.6 is 11.8 Å². The zero-order valence-electron chi connectivity index (χ0n) is 20.4. The summed E-state index contributed by atoms with van der Waals surface area (Å²) < 4.78 is 5.75. The monoisotopic (exact) mass is 511 g/mol. The summed E-state index contributed by atoms with van der Waals surface area (Å²) in [6, 6.07) is 9.31. The van der Waals surface area contributed by atoms with E-state index in [0.717, 1.165) is 23.4 Å². The Balaban J connectivity index is 1.63. The molecular formula is C24H29N7O4S. The van der Waals surface area contributed by atoms with Crippen molar-refractivity contribution in [1.29, 1.82) is 0 Å². The molecule has 1 aliphatic heterocycles. The molecule has 4 rings (SSSR count). The largest absolute Gasteiger partial charge is 0.490 e. The number of aromatic nitrogens is 4. The van der Waals surface area contributed by atoms with Gasteiger partial charge in [-0.15, -0.1) is 0 Å². The number of aryl methyl sites for hydroxylation is 1. The Hall–Kier alpha value is -3.80. The Morgan fingerprint density at radius 3 is 2.53 bits per heavy atom. The van der Waals surface area contributed by atoms with E-state index in [9.17, 15) is 9.59 Å². The molecule has 3 aromatic rings. The van der Waals surface area contributed by atoms with Gasteiger partial charge in [0.05, 0.1) is 7.11 Å². The number of amides is 1. The van der Waals surface area contributed by atoms with Crippen molar-refractivity contribution in [3.8, 4) is 5.75 Å². The average molecular weight is 512 g/mol. The van der Waals surface area contributed by atoms with Crippen LogP contribution in [0, 0.1) is 12.8 Å². The van der Waals surface area contributed by atoms with Gasteiger partial charge in [-0.2, -0.15) is 5.10 Å². The maximum Gasteiger partial charge on any atom is 0.303 e. The van der Waals surface area contributed by atoms with Crippen LogP contribution in [0.2, 0.25) is 0 Å². The smallest absolute Gasteiger partial charge is 0.303 e. The fourth-order valence-electron chi connectivity index (χ4n) is 4.07. The molecule has 0 spiro atoms. The lowest BCUT2D eigenvalue weighted by Crippen LogP contribution is -2.35. The van der Waals surface area contributed by atoms with Gasteiger partial charge < -0.3 is 25.4 Å². The normalized spacial score (nSPS) is 13.9. The van der Waals surface area contributed by atoms with Gasteiger partial charge in [-0.1, -0.05) is 0 Å². The van der Waals surface area contributed by atoms with Gasteiger partial charge in [0, 0.05) is 48.8 Å². The maximum absolute atomic E-state index is 11.3. The van der Waals surface area contributed by atoms with E-state index >= 15 is 0 Å². The lowest BCUT2D eigenvalue weighted by Gasteiger charge is -2.33. The first kappa shape index (κ1) is 25.3. The summed E-state index contributed by atoms with van der Waals surface area (Å²) in [5, 5.41) is 22.8. The highest BCUT2D eigenvalue weighted by Gasteiger charge is 2.27. The van der Waals surface area contributed by atoms with Gasteiger partial charge in [0.25, 0.3) is 0 Å². The highest BCUT2D eigenvalue weighted by molar-refractivity contribution is 7.99. The molecule has 1 amide bonds. The predicted octanol–water partition coefficient (Wildman–Crippen LogP) is 4.06. The van der Waals surface area contributed by atoms with E-state index in [4.69, 9.17) is 19.8 Å². The number of carbonyl (C=O) groups excluding carboxylic acids is 1. The summed E-state index contributed by atoms with van der Waals surface area (Å²) >= 11 is 1.39. The Morgan fingerprint density at radius 1 is 1.22 bits per heavy atom. The second kappa shape index (κ2) is 11.3. The number of carboxylic acids is 1. The van der Waals surface area contributed by atoms with Crippen molar-refractivity contribution in [1.82, 2.24) is 20.2 Å². The van der Waals surface area contributed by atoms with Gasteiger partial charge in [-0.05, 0) is 61.7 Å². The van der Waals surface area contributed by atoms with E-state index in [-0.39, 0.29) is 18.2 Å². The van der Waals surface area contributed by atoms with Crippen LogP contribution in [0.1, 0.15) is 31.9 Å². The average Bonchev–Trinajstić information content (AvgIpc) is 3.24. The molecule has 1 saturated heterocycles. The highest BCUT2D eigenvalue weighted by Crippen LogP contribution is 2.39. The number of rotatable bonds is 9. The van der Waals surface area contributed by atoms with Crippen LogP contribution in [0.4, 0.5) is 23.1 Å². The number of aliphatic carboxylic acids is 1. The van der Waals surface area contributed by atoms with Crippen molar-refractivity contribution < 1.29 is 19.4 Å². The van der Waals surface area contributed by atoms with Crippen LogP contribution in [0.5, 0.6) is 5.75 Å². The van der Waals surface area contributed by atoms with Crippen molar-refractivity contribution in [3.05, 3.63) is 36.0 Å². The summed E-state index contributed by atoms with van der Waals surface area (Å²) in [4.78, 5) is 35.0. The van der Waals surface area contributed by atoms with E-state index in [1.54, 1.807) is 7.11 Å². The maximum atomic E-state index is 11.3. The van der Waals surface area contributed by atoms with Crippen LogP contribution < -0.4 is 20.3 Å². The van der Waals surface area contributed by atoms with Crippen molar-refractivity contribution in [2.45, 2.75) is 43.2 Å². The van der Waals surface area contributed by atoms with Gasteiger partial charge in [0.2, 0.25) is 11.7 Å². The van der Waals surface area contributed by atoms with Crippen LogP contribution in [-0.4, -0.2) is 57.3 Å². The van der Waals surface area contributed by atoms with Gasteiger partial charge in [-0.3, -0.25) is 14.7 Å². The minimum Gasteiger partial charge on any atom is -0.490 e. The molecule has 0 saturated carbocycles.